The molecule has 132 valence electrons. The first kappa shape index (κ1) is 17.3. The molecule has 26 heavy (non-hydrogen) atoms. The Kier molecular flexibility index (Phi) is 4.53. The second-order valence-electron chi connectivity index (χ2n) is 5.81. The number of aliphatic hydroxyl groups is 1. The van der Waals surface area contributed by atoms with E-state index in [0.717, 1.165) is 0 Å². The van der Waals surface area contributed by atoms with Crippen molar-refractivity contribution in [3.8, 4) is 5.75 Å². The summed E-state index contributed by atoms with van der Waals surface area (Å²) >= 11 is 0. The maximum absolute atomic E-state index is 12.6. The Morgan fingerprint density at radius 1 is 1.04 bits per heavy atom. The number of nitrogens with zero attached hydrogens (tertiary/aromatic N) is 1. The molecule has 0 radical (unpaired) electrons. The highest BCUT2D eigenvalue weighted by molar-refractivity contribution is 6.52. The maximum atomic E-state index is 12.6. The Balaban J connectivity index is 2.17. The molecule has 0 aromatic heterocycles. The lowest BCUT2D eigenvalue weighted by Gasteiger charge is -2.22. The van der Waals surface area contributed by atoms with Crippen LogP contribution in [-0.2, 0) is 4.79 Å². The van der Waals surface area contributed by atoms with Gasteiger partial charge in [-0.25, -0.2) is 0 Å². The van der Waals surface area contributed by atoms with Crippen LogP contribution in [0.3, 0.4) is 0 Å². The first-order chi connectivity index (χ1) is 12.4. The Hall–Kier alpha value is -3.48. The number of aliphatic hydroxyl groups excluding tert-OH is 1. The highest BCUT2D eigenvalue weighted by Gasteiger charge is 2.39. The molecule has 2 aromatic rings. The lowest BCUT2D eigenvalue weighted by molar-refractivity contribution is -0.481. The van der Waals surface area contributed by atoms with Gasteiger partial charge in [-0.3, -0.25) is 19.7 Å². The van der Waals surface area contributed by atoms with Crippen molar-refractivity contribution >= 4 is 17.3 Å². The first-order valence-corrected chi connectivity index (χ1v) is 7.81. The van der Waals surface area contributed by atoms with E-state index in [9.17, 15) is 24.8 Å². The Morgan fingerprint density at radius 2 is 1.65 bits per heavy atom. The monoisotopic (exact) mass is 353 g/mol. The number of carbonyl (C=O) groups excluding carboxylic acids is 2. The van der Waals surface area contributed by atoms with Crippen molar-refractivity contribution in [2.24, 2.45) is 0 Å². The minimum absolute atomic E-state index is 0.0910. The van der Waals surface area contributed by atoms with Gasteiger partial charge >= 0.3 is 0 Å². The van der Waals surface area contributed by atoms with Crippen LogP contribution in [0, 0.1) is 10.1 Å². The van der Waals surface area contributed by atoms with Gasteiger partial charge in [0, 0.05) is 16.1 Å². The molecule has 0 aliphatic heterocycles. The normalized spacial score (nSPS) is 14.8. The summed E-state index contributed by atoms with van der Waals surface area (Å²) in [5, 5.41) is 21.8. The first-order valence-electron chi connectivity index (χ1n) is 7.81. The van der Waals surface area contributed by atoms with Crippen molar-refractivity contribution in [3.63, 3.8) is 0 Å². The van der Waals surface area contributed by atoms with Crippen LogP contribution in [-0.4, -0.2) is 35.3 Å². The van der Waals surface area contributed by atoms with Crippen molar-refractivity contribution in [2.45, 2.75) is 5.92 Å². The van der Waals surface area contributed by atoms with Crippen LogP contribution in [0.5, 0.6) is 5.75 Å². The van der Waals surface area contributed by atoms with Crippen LogP contribution in [0.1, 0.15) is 27.4 Å². The molecule has 7 heteroatoms. The number of fused-ring (bicyclic) bond motifs is 1. The summed E-state index contributed by atoms with van der Waals surface area (Å²) in [6, 6.07) is 12.5. The van der Waals surface area contributed by atoms with Crippen molar-refractivity contribution < 1.29 is 24.4 Å². The lowest BCUT2D eigenvalue weighted by atomic mass is 9.79. The van der Waals surface area contributed by atoms with Gasteiger partial charge < -0.3 is 9.84 Å². The van der Waals surface area contributed by atoms with Crippen molar-refractivity contribution in [1.82, 2.24) is 0 Å². The molecule has 1 aliphatic rings. The molecule has 0 amide bonds. The minimum atomic E-state index is -1.05. The number of ketones is 2. The average molecular weight is 353 g/mol. The molecule has 0 heterocycles. The molecule has 0 unspecified atom stereocenters. The molecule has 2 aromatic carbocycles. The fraction of sp³-hybridized carbons (Fsp3) is 0.158. The summed E-state index contributed by atoms with van der Waals surface area (Å²) in [6.07, 6.45) is 0. The SMILES string of the molecule is COc1ccc([C@H](C[N+](=O)[O-])C2=C(O)c3ccccc3C(=O)C2=O)cc1. The van der Waals surface area contributed by atoms with Gasteiger partial charge in [0.15, 0.2) is 0 Å². The topological polar surface area (TPSA) is 107 Å². The van der Waals surface area contributed by atoms with E-state index in [4.69, 9.17) is 4.74 Å². The third kappa shape index (κ3) is 2.95. The summed E-state index contributed by atoms with van der Waals surface area (Å²) in [4.78, 5) is 35.6. The Labute approximate surface area is 148 Å². The molecular weight excluding hydrogens is 338 g/mol. The number of hydrogen-bond donors (Lipinski definition) is 1. The van der Waals surface area contributed by atoms with Gasteiger partial charge in [0.25, 0.3) is 0 Å². The Morgan fingerprint density at radius 3 is 2.23 bits per heavy atom. The third-order valence-electron chi connectivity index (χ3n) is 4.33. The molecule has 0 bridgehead atoms. The molecule has 3 rings (SSSR count). The maximum Gasteiger partial charge on any atom is 0.234 e. The van der Waals surface area contributed by atoms with Crippen molar-refractivity contribution in [2.75, 3.05) is 13.7 Å². The number of hydrogen-bond acceptors (Lipinski definition) is 6. The molecule has 1 N–H and O–H groups in total. The van der Waals surface area contributed by atoms with Gasteiger partial charge in [-0.1, -0.05) is 36.4 Å². The van der Waals surface area contributed by atoms with Crippen LogP contribution in [0.15, 0.2) is 54.1 Å². The predicted octanol–water partition coefficient (Wildman–Crippen LogP) is 2.79. The molecule has 7 nitrogen and oxygen atoms in total. The summed E-state index contributed by atoms with van der Waals surface area (Å²) in [6.45, 7) is -0.632. The number of ether oxygens (including phenoxy) is 1. The van der Waals surface area contributed by atoms with Crippen molar-refractivity contribution in [3.05, 3.63) is 80.9 Å². The van der Waals surface area contributed by atoms with E-state index in [1.165, 1.54) is 19.2 Å². The molecule has 0 fully saturated rings. The van der Waals surface area contributed by atoms with Crippen LogP contribution in [0.25, 0.3) is 5.76 Å². The second kappa shape index (κ2) is 6.79. The zero-order valence-electron chi connectivity index (χ0n) is 13.8. The number of methoxy groups -OCH3 is 1. The fourth-order valence-electron chi connectivity index (χ4n) is 3.06. The van der Waals surface area contributed by atoms with Crippen LogP contribution in [0.2, 0.25) is 0 Å². The van der Waals surface area contributed by atoms with Gasteiger partial charge in [-0.05, 0) is 17.7 Å². The van der Waals surface area contributed by atoms with E-state index < -0.39 is 34.7 Å². The Bertz CT molecular complexity index is 929. The molecule has 0 spiro atoms. The summed E-state index contributed by atoms with van der Waals surface area (Å²) < 4.78 is 5.06. The molecule has 0 saturated heterocycles. The number of nitro groups is 1. The van der Waals surface area contributed by atoms with Gasteiger partial charge in [-0.2, -0.15) is 0 Å². The van der Waals surface area contributed by atoms with Gasteiger partial charge in [0.05, 0.1) is 18.6 Å². The van der Waals surface area contributed by atoms with E-state index in [0.29, 0.717) is 11.3 Å². The van der Waals surface area contributed by atoms with Gasteiger partial charge in [0.2, 0.25) is 18.1 Å². The number of carbonyl (C=O) groups is 2. The largest absolute Gasteiger partial charge is 0.507 e. The minimum Gasteiger partial charge on any atom is -0.507 e. The summed E-state index contributed by atoms with van der Waals surface area (Å²) in [7, 11) is 1.48. The van der Waals surface area contributed by atoms with E-state index in [-0.39, 0.29) is 16.7 Å². The molecular formula is C19H15NO6. The summed E-state index contributed by atoms with van der Waals surface area (Å²) in [5.74, 6) is -2.61. The predicted molar refractivity (Wildman–Crippen MR) is 92.9 cm³/mol. The van der Waals surface area contributed by atoms with Crippen molar-refractivity contribution in [1.29, 1.82) is 0 Å². The standard InChI is InChI=1S/C19H15NO6/c1-26-12-8-6-11(7-9-12)15(10-20(24)25)16-17(21)13-4-2-3-5-14(13)18(22)19(16)23/h2-9,15,21H,10H2,1H3/t15-/m0/s1. The van der Waals surface area contributed by atoms with E-state index in [1.54, 1.807) is 36.4 Å². The number of rotatable bonds is 5. The smallest absolute Gasteiger partial charge is 0.234 e. The van der Waals surface area contributed by atoms with Crippen LogP contribution >= 0.6 is 0 Å². The number of benzene rings is 2. The molecule has 0 saturated carbocycles. The molecule has 1 atom stereocenters. The van der Waals surface area contributed by atoms with E-state index in [2.05, 4.69) is 0 Å². The van der Waals surface area contributed by atoms with Crippen LogP contribution in [0.4, 0.5) is 0 Å². The quantitative estimate of drug-likeness (QED) is 0.503. The number of Topliss-reactive ketones (excluding diaryl/α,β-unsaturated/α-hetero) is 2. The van der Waals surface area contributed by atoms with Crippen LogP contribution < -0.4 is 4.74 Å². The fourth-order valence-corrected chi connectivity index (χ4v) is 3.06. The average Bonchev–Trinajstić information content (AvgIpc) is 2.65. The second-order valence-corrected chi connectivity index (χ2v) is 5.81. The lowest BCUT2D eigenvalue weighted by Crippen LogP contribution is -2.30. The zero-order chi connectivity index (χ0) is 18.8. The van der Waals surface area contributed by atoms with Gasteiger partial charge in [-0.15, -0.1) is 0 Å². The summed E-state index contributed by atoms with van der Waals surface area (Å²) in [5.41, 5.74) is 0.474. The zero-order valence-corrected chi connectivity index (χ0v) is 13.8. The molecule has 1 aliphatic carbocycles. The van der Waals surface area contributed by atoms with E-state index in [1.807, 2.05) is 0 Å². The highest BCUT2D eigenvalue weighted by atomic mass is 16.6. The third-order valence-corrected chi connectivity index (χ3v) is 4.33. The highest BCUT2D eigenvalue weighted by Crippen LogP contribution is 2.36. The van der Waals surface area contributed by atoms with Gasteiger partial charge in [0.1, 0.15) is 11.5 Å². The van der Waals surface area contributed by atoms with E-state index >= 15 is 0 Å².